The van der Waals surface area contributed by atoms with Crippen LogP contribution in [-0.2, 0) is 28.1 Å². The summed E-state index contributed by atoms with van der Waals surface area (Å²) in [6.07, 6.45) is 4.53. The summed E-state index contributed by atoms with van der Waals surface area (Å²) in [4.78, 5) is 59.2. The van der Waals surface area contributed by atoms with Crippen LogP contribution in [0.5, 0.6) is 5.75 Å². The third-order valence-electron chi connectivity index (χ3n) is 6.96. The number of piperazine rings is 1. The molecule has 1 aromatic heterocycles. The number of amidine groups is 1. The van der Waals surface area contributed by atoms with Crippen LogP contribution in [0.1, 0.15) is 27.4 Å². The molecule has 0 saturated carbocycles. The number of nitrogens with zero attached hydrogens (tertiary/aromatic N) is 3. The van der Waals surface area contributed by atoms with E-state index in [1.54, 1.807) is 18.2 Å². The monoisotopic (exact) mass is 504 g/mol. The standard InChI is InChI=1S/C25H24N6O6/c1-36-15-6-5-14-7-9-31(22(33)16(14)11-15)25(23(34)28-24(35)29-25)19-12-17-18(37-19)3-2-4-20(27-17)30-10-8-26-21(32)13-30/h2,4-6,11-12H,3,7-10,13H2,1H3,(H,26,32)(H2,28,29,34,35). The van der Waals surface area contributed by atoms with Gasteiger partial charge in [-0.1, -0.05) is 12.1 Å². The SMILES string of the molecule is COc1ccc2c(c1)C(=O)N(C1(c3cc4c(o3)CC=CC(N3CCNC(=O)C3)=N4)NC(=O)NC1=O)CC2. The van der Waals surface area contributed by atoms with Crippen molar-refractivity contribution < 1.29 is 28.3 Å². The number of imide groups is 1. The lowest BCUT2D eigenvalue weighted by atomic mass is 9.94. The molecule has 3 N–H and O–H groups in total. The van der Waals surface area contributed by atoms with Crippen molar-refractivity contribution in [3.8, 4) is 5.75 Å². The number of hydrogen-bond acceptors (Lipinski definition) is 8. The molecule has 0 spiro atoms. The number of urea groups is 1. The van der Waals surface area contributed by atoms with Crippen molar-refractivity contribution in [1.29, 1.82) is 0 Å². The number of carbonyl (C=O) groups excluding carboxylic acids is 4. The number of furan rings is 1. The van der Waals surface area contributed by atoms with Crippen molar-refractivity contribution in [2.24, 2.45) is 4.99 Å². The maximum atomic E-state index is 13.7. The van der Waals surface area contributed by atoms with Gasteiger partial charge in [0.25, 0.3) is 17.5 Å². The predicted molar refractivity (Wildman–Crippen MR) is 129 cm³/mol. The zero-order valence-electron chi connectivity index (χ0n) is 20.0. The van der Waals surface area contributed by atoms with Crippen LogP contribution >= 0.6 is 0 Å². The Labute approximate surface area is 211 Å². The molecule has 1 aromatic carbocycles. The van der Waals surface area contributed by atoms with E-state index in [2.05, 4.69) is 16.0 Å². The fraction of sp³-hybridized carbons (Fsp3) is 0.320. The second-order valence-electron chi connectivity index (χ2n) is 9.12. The molecule has 12 nitrogen and oxygen atoms in total. The second kappa shape index (κ2) is 8.50. The number of aliphatic imine (C=N–C) groups is 1. The van der Waals surface area contributed by atoms with Crippen LogP contribution in [0.4, 0.5) is 10.5 Å². The fourth-order valence-corrected chi connectivity index (χ4v) is 5.12. The lowest BCUT2D eigenvalue weighted by Crippen LogP contribution is -2.61. The molecule has 6 rings (SSSR count). The molecular weight excluding hydrogens is 480 g/mol. The van der Waals surface area contributed by atoms with Crippen molar-refractivity contribution in [1.82, 2.24) is 25.8 Å². The average Bonchev–Trinajstić information content (AvgIpc) is 3.36. The Bertz CT molecular complexity index is 1410. The number of carbonyl (C=O) groups is 4. The number of benzene rings is 1. The second-order valence-corrected chi connectivity index (χ2v) is 9.12. The van der Waals surface area contributed by atoms with Gasteiger partial charge in [-0.05, 0) is 30.2 Å². The van der Waals surface area contributed by atoms with Gasteiger partial charge in [-0.25, -0.2) is 9.79 Å². The molecule has 12 heteroatoms. The van der Waals surface area contributed by atoms with E-state index in [0.717, 1.165) is 5.56 Å². The van der Waals surface area contributed by atoms with Crippen LogP contribution in [0, 0.1) is 0 Å². The van der Waals surface area contributed by atoms with Crippen LogP contribution in [0.3, 0.4) is 0 Å². The Balaban J connectivity index is 1.42. The van der Waals surface area contributed by atoms with E-state index in [4.69, 9.17) is 14.1 Å². The molecule has 0 radical (unpaired) electrons. The molecule has 4 aliphatic heterocycles. The molecule has 2 fully saturated rings. The molecule has 190 valence electrons. The number of ether oxygens (including phenoxy) is 1. The maximum absolute atomic E-state index is 13.7. The van der Waals surface area contributed by atoms with Crippen molar-refractivity contribution in [3.63, 3.8) is 0 Å². The van der Waals surface area contributed by atoms with Gasteiger partial charge in [-0.2, -0.15) is 0 Å². The van der Waals surface area contributed by atoms with Crippen LogP contribution in [0.15, 0.2) is 45.8 Å². The van der Waals surface area contributed by atoms with Gasteiger partial charge in [-0.15, -0.1) is 0 Å². The van der Waals surface area contributed by atoms with E-state index in [9.17, 15) is 19.2 Å². The van der Waals surface area contributed by atoms with Crippen LogP contribution < -0.4 is 20.7 Å². The summed E-state index contributed by atoms with van der Waals surface area (Å²) in [6, 6.07) is 6.07. The van der Waals surface area contributed by atoms with Crippen molar-refractivity contribution in [3.05, 3.63) is 59.1 Å². The Kier molecular flexibility index (Phi) is 5.25. The molecule has 1 unspecified atom stereocenters. The molecule has 0 aliphatic carbocycles. The van der Waals surface area contributed by atoms with Gasteiger partial charge in [0.1, 0.15) is 23.0 Å². The molecule has 0 bridgehead atoms. The first kappa shape index (κ1) is 22.8. The largest absolute Gasteiger partial charge is 0.497 e. The first-order chi connectivity index (χ1) is 17.9. The van der Waals surface area contributed by atoms with Gasteiger partial charge in [-0.3, -0.25) is 19.7 Å². The summed E-state index contributed by atoms with van der Waals surface area (Å²) in [6.45, 7) is 1.46. The van der Waals surface area contributed by atoms with Gasteiger partial charge in [0.15, 0.2) is 5.76 Å². The Morgan fingerprint density at radius 2 is 2.00 bits per heavy atom. The van der Waals surface area contributed by atoms with E-state index in [1.165, 1.54) is 12.0 Å². The highest BCUT2D eigenvalue weighted by Gasteiger charge is 2.58. The summed E-state index contributed by atoms with van der Waals surface area (Å²) in [5, 5.41) is 7.70. The number of nitrogens with one attached hydrogen (secondary N) is 3. The van der Waals surface area contributed by atoms with Gasteiger partial charge >= 0.3 is 6.03 Å². The van der Waals surface area contributed by atoms with E-state index in [0.29, 0.717) is 54.5 Å². The van der Waals surface area contributed by atoms with Gasteiger partial charge in [0.2, 0.25) is 5.91 Å². The normalized spacial score (nSPS) is 23.0. The molecule has 2 aromatic rings. The molecule has 4 aliphatic rings. The third-order valence-corrected chi connectivity index (χ3v) is 6.96. The maximum Gasteiger partial charge on any atom is 0.324 e. The summed E-state index contributed by atoms with van der Waals surface area (Å²) in [5.41, 5.74) is -0.215. The summed E-state index contributed by atoms with van der Waals surface area (Å²) in [7, 11) is 1.51. The zero-order valence-corrected chi connectivity index (χ0v) is 20.0. The summed E-state index contributed by atoms with van der Waals surface area (Å²) < 4.78 is 11.4. The number of amides is 5. The molecule has 2 saturated heterocycles. The minimum absolute atomic E-state index is 0.0790. The minimum atomic E-state index is -1.88. The highest BCUT2D eigenvalue weighted by atomic mass is 16.5. The molecule has 5 heterocycles. The van der Waals surface area contributed by atoms with Crippen LogP contribution in [0.25, 0.3) is 0 Å². The number of fused-ring (bicyclic) bond motifs is 2. The molecule has 1 atom stereocenters. The highest BCUT2D eigenvalue weighted by Crippen LogP contribution is 2.39. The average molecular weight is 505 g/mol. The first-order valence-electron chi connectivity index (χ1n) is 11.9. The Morgan fingerprint density at radius 1 is 1.14 bits per heavy atom. The van der Waals surface area contributed by atoms with E-state index >= 15 is 0 Å². The van der Waals surface area contributed by atoms with Crippen molar-refractivity contribution in [2.75, 3.05) is 33.3 Å². The molecule has 37 heavy (non-hydrogen) atoms. The number of rotatable bonds is 3. The zero-order chi connectivity index (χ0) is 25.7. The minimum Gasteiger partial charge on any atom is -0.497 e. The lowest BCUT2D eigenvalue weighted by Gasteiger charge is -2.39. The first-order valence-corrected chi connectivity index (χ1v) is 11.9. The van der Waals surface area contributed by atoms with Gasteiger partial charge < -0.3 is 29.6 Å². The Hall–Kier alpha value is -4.61. The Morgan fingerprint density at radius 3 is 2.76 bits per heavy atom. The summed E-state index contributed by atoms with van der Waals surface area (Å²) >= 11 is 0. The molecular formula is C25H24N6O6. The van der Waals surface area contributed by atoms with E-state index < -0.39 is 23.5 Å². The number of methoxy groups -OCH3 is 1. The molecule has 5 amide bonds. The van der Waals surface area contributed by atoms with Gasteiger partial charge in [0.05, 0.1) is 13.7 Å². The van der Waals surface area contributed by atoms with Gasteiger partial charge in [0, 0.05) is 37.7 Å². The van der Waals surface area contributed by atoms with Crippen LogP contribution in [0.2, 0.25) is 0 Å². The number of hydrogen-bond donors (Lipinski definition) is 3. The smallest absolute Gasteiger partial charge is 0.324 e. The van der Waals surface area contributed by atoms with Crippen molar-refractivity contribution in [2.45, 2.75) is 18.5 Å². The lowest BCUT2D eigenvalue weighted by molar-refractivity contribution is -0.131. The topological polar surface area (TPSA) is 146 Å². The fourth-order valence-electron chi connectivity index (χ4n) is 5.12. The highest BCUT2D eigenvalue weighted by molar-refractivity contribution is 6.10. The third kappa shape index (κ3) is 3.63. The van der Waals surface area contributed by atoms with Crippen LogP contribution in [-0.4, -0.2) is 72.7 Å². The summed E-state index contributed by atoms with van der Waals surface area (Å²) in [5.74, 6) is 0.404. The van der Waals surface area contributed by atoms with E-state index in [1.807, 2.05) is 23.1 Å². The van der Waals surface area contributed by atoms with Crippen molar-refractivity contribution >= 4 is 35.3 Å². The quantitative estimate of drug-likeness (QED) is 0.518. The number of allylic oxidation sites excluding steroid dienone is 1. The van der Waals surface area contributed by atoms with E-state index in [-0.39, 0.29) is 24.8 Å². The predicted octanol–water partition coefficient (Wildman–Crippen LogP) is 0.553.